The molecule has 2 atom stereocenters. The van der Waals surface area contributed by atoms with Crippen LogP contribution in [-0.2, 0) is 28.7 Å². The normalized spacial score (nSPS) is 11.4. The van der Waals surface area contributed by atoms with E-state index in [1.54, 1.807) is 13.8 Å². The van der Waals surface area contributed by atoms with Gasteiger partial charge >= 0.3 is 23.6 Å². The molecule has 0 radical (unpaired) electrons. The summed E-state index contributed by atoms with van der Waals surface area (Å²) in [6.07, 6.45) is -1.59. The van der Waals surface area contributed by atoms with Crippen LogP contribution < -0.4 is 32.7 Å². The van der Waals surface area contributed by atoms with E-state index in [0.29, 0.717) is 0 Å². The van der Waals surface area contributed by atoms with E-state index in [9.17, 15) is 39.4 Å². The van der Waals surface area contributed by atoms with Crippen LogP contribution in [0.3, 0.4) is 0 Å². The topological polar surface area (TPSA) is 324 Å². The predicted molar refractivity (Wildman–Crippen MR) is 178 cm³/mol. The van der Waals surface area contributed by atoms with Crippen molar-refractivity contribution in [3.05, 3.63) is 32.4 Å². The fourth-order valence-electron chi connectivity index (χ4n) is 3.71. The average molecular weight is 713 g/mol. The third-order valence-corrected chi connectivity index (χ3v) is 6.07. The van der Waals surface area contributed by atoms with E-state index < -0.39 is 68.9 Å². The number of nitrogen functional groups attached to an aromatic ring is 2. The Morgan fingerprint density at radius 2 is 1.08 bits per heavy atom. The number of nitrogens with two attached hydrogens (primary N) is 2. The van der Waals surface area contributed by atoms with Gasteiger partial charge in [0.05, 0.1) is 37.3 Å². The number of pyridine rings is 2. The number of anilines is 6. The van der Waals surface area contributed by atoms with Gasteiger partial charge in [-0.25, -0.2) is 29.7 Å². The Bertz CT molecular complexity index is 1450. The molecule has 2 aromatic rings. The van der Waals surface area contributed by atoms with Crippen LogP contribution in [0.5, 0.6) is 0 Å². The highest BCUT2D eigenvalue weighted by Crippen LogP contribution is 2.34. The minimum atomic E-state index is -0.874. The van der Waals surface area contributed by atoms with E-state index in [4.69, 9.17) is 30.6 Å². The second kappa shape index (κ2) is 19.5. The summed E-state index contributed by atoms with van der Waals surface area (Å²) in [5.74, 6) is -1.95. The summed E-state index contributed by atoms with van der Waals surface area (Å²) in [6, 6.07) is 0.617. The van der Waals surface area contributed by atoms with Gasteiger partial charge in [0.25, 0.3) is 11.8 Å². The summed E-state index contributed by atoms with van der Waals surface area (Å²) in [4.78, 5) is 85.0. The molecule has 0 saturated heterocycles. The second-order valence-corrected chi connectivity index (χ2v) is 9.55. The van der Waals surface area contributed by atoms with Gasteiger partial charge in [-0.15, -0.1) is 0 Å². The van der Waals surface area contributed by atoms with Gasteiger partial charge in [-0.1, -0.05) is 0 Å². The van der Waals surface area contributed by atoms with Crippen LogP contribution in [0.25, 0.3) is 0 Å². The number of likely N-dealkylation sites (N-methyl/N-ethyl adjacent to an activating group) is 2. The second-order valence-electron chi connectivity index (χ2n) is 9.55. The number of nitrogens with one attached hydrogen (secondary N) is 4. The number of carbonyl (C=O) groups excluding carboxylic acids is 4. The van der Waals surface area contributed by atoms with Gasteiger partial charge in [0.2, 0.25) is 11.6 Å². The molecule has 8 N–H and O–H groups in total. The lowest BCUT2D eigenvalue weighted by Gasteiger charge is -2.20. The Kier molecular flexibility index (Phi) is 16.3. The Balaban J connectivity index is 0.000000500. The lowest BCUT2D eigenvalue weighted by atomic mass is 10.2. The maximum Gasteiger partial charge on any atom is 0.412 e. The fourth-order valence-corrected chi connectivity index (χ4v) is 3.71. The number of nitro groups is 2. The molecular weight excluding hydrogens is 672 g/mol. The first-order chi connectivity index (χ1) is 23.4. The minimum Gasteiger partial charge on any atom is -0.450 e. The van der Waals surface area contributed by atoms with Crippen LogP contribution in [0, 0.1) is 20.2 Å². The standard InChI is InChI=1S/2C13H20N6O6/c2*1-5-25-13(21)17-9-6-8(10(19(22)23)11(14)16-9)15-7(2)12(20)18(3)24-4/h2*6-7H,5H2,1-4H3,(H4,14,15,16,17,21)/t2*7-/m10/s1. The molecule has 0 aromatic carbocycles. The first kappa shape index (κ1) is 41.7. The third kappa shape index (κ3) is 12.1. The number of hydrogen-bond acceptors (Lipinski definition) is 18. The first-order valence-electron chi connectivity index (χ1n) is 14.4. The summed E-state index contributed by atoms with van der Waals surface area (Å²) < 4.78 is 9.41. The van der Waals surface area contributed by atoms with Gasteiger partial charge in [-0.3, -0.25) is 50.1 Å². The van der Waals surface area contributed by atoms with Crippen LogP contribution in [0.4, 0.5) is 55.6 Å². The summed E-state index contributed by atoms with van der Waals surface area (Å²) in [5, 5.41) is 34.3. The van der Waals surface area contributed by atoms with E-state index in [-0.39, 0.29) is 36.2 Å². The van der Waals surface area contributed by atoms with Crippen LogP contribution in [0.1, 0.15) is 27.7 Å². The van der Waals surface area contributed by atoms with Gasteiger partial charge < -0.3 is 31.6 Å². The average Bonchev–Trinajstić information content (AvgIpc) is 3.02. The smallest absolute Gasteiger partial charge is 0.412 e. The third-order valence-electron chi connectivity index (χ3n) is 6.07. The van der Waals surface area contributed by atoms with Crippen molar-refractivity contribution >= 4 is 70.0 Å². The molecule has 0 unspecified atom stereocenters. The molecule has 0 saturated carbocycles. The highest BCUT2D eigenvalue weighted by Gasteiger charge is 2.27. The Morgan fingerprint density at radius 1 is 0.760 bits per heavy atom. The molecule has 24 nitrogen and oxygen atoms in total. The molecule has 0 bridgehead atoms. The lowest BCUT2D eigenvalue weighted by molar-refractivity contribution is -0.383. The monoisotopic (exact) mass is 712 g/mol. The molecule has 0 fully saturated rings. The van der Waals surface area contributed by atoms with Crippen molar-refractivity contribution in [2.75, 3.05) is 74.3 Å². The number of hydroxylamine groups is 4. The molecule has 0 spiro atoms. The molecule has 2 aromatic heterocycles. The molecule has 24 heteroatoms. The zero-order valence-electron chi connectivity index (χ0n) is 28.5. The summed E-state index contributed by atoms with van der Waals surface area (Å²) in [6.45, 7) is 6.46. The predicted octanol–water partition coefficient (Wildman–Crippen LogP) is 1.92. The van der Waals surface area contributed by atoms with Gasteiger partial charge in [0.1, 0.15) is 35.1 Å². The molecule has 0 aliphatic carbocycles. The van der Waals surface area contributed by atoms with Gasteiger partial charge in [-0.2, -0.15) is 0 Å². The van der Waals surface area contributed by atoms with Crippen molar-refractivity contribution in [2.45, 2.75) is 39.8 Å². The van der Waals surface area contributed by atoms with E-state index in [2.05, 4.69) is 31.2 Å². The molecule has 2 heterocycles. The van der Waals surface area contributed by atoms with Crippen molar-refractivity contribution in [1.29, 1.82) is 0 Å². The van der Waals surface area contributed by atoms with E-state index in [0.717, 1.165) is 10.1 Å². The maximum atomic E-state index is 12.0. The quantitative estimate of drug-likeness (QED) is 0.120. The van der Waals surface area contributed by atoms with Crippen molar-refractivity contribution in [2.24, 2.45) is 0 Å². The Labute approximate surface area is 284 Å². The number of rotatable bonds is 14. The van der Waals surface area contributed by atoms with Crippen molar-refractivity contribution in [3.63, 3.8) is 0 Å². The molecular formula is C26H40N12O12. The zero-order chi connectivity index (χ0) is 38.3. The molecule has 2 rings (SSSR count). The van der Waals surface area contributed by atoms with Gasteiger partial charge in [-0.05, 0) is 27.7 Å². The van der Waals surface area contributed by atoms with E-state index in [1.165, 1.54) is 54.3 Å². The molecule has 0 aliphatic rings. The van der Waals surface area contributed by atoms with Crippen LogP contribution >= 0.6 is 0 Å². The number of nitrogens with zero attached hydrogens (tertiary/aromatic N) is 6. The molecule has 4 amide bonds. The maximum absolute atomic E-state index is 12.0. The van der Waals surface area contributed by atoms with Gasteiger partial charge in [0.15, 0.2) is 0 Å². The van der Waals surface area contributed by atoms with Crippen LogP contribution in [0.15, 0.2) is 12.1 Å². The van der Waals surface area contributed by atoms with Gasteiger partial charge in [0, 0.05) is 26.2 Å². The number of hydrogen-bond donors (Lipinski definition) is 6. The number of aromatic nitrogens is 2. The molecule has 276 valence electrons. The SMILES string of the molecule is CCOC(=O)Nc1cc(N[C@@H](C)C(=O)N(C)OC)c([N+](=O)[O-])c(N)n1.CCOC(=O)Nc1cc(N[C@H](C)C(=O)N(C)OC)c([N+](=O)[O-])c(N)n1. The largest absolute Gasteiger partial charge is 0.450 e. The molecule has 0 aliphatic heterocycles. The summed E-state index contributed by atoms with van der Waals surface area (Å²) >= 11 is 0. The first-order valence-corrected chi connectivity index (χ1v) is 14.4. The highest BCUT2D eigenvalue weighted by atomic mass is 16.7. The van der Waals surface area contributed by atoms with E-state index >= 15 is 0 Å². The number of amides is 4. The fraction of sp³-hybridized carbons (Fsp3) is 0.462. The summed E-state index contributed by atoms with van der Waals surface area (Å²) in [5.41, 5.74) is 10.00. The number of carbonyl (C=O) groups is 4. The van der Waals surface area contributed by atoms with Crippen molar-refractivity contribution in [1.82, 2.24) is 20.1 Å². The van der Waals surface area contributed by atoms with Crippen molar-refractivity contribution in [3.8, 4) is 0 Å². The van der Waals surface area contributed by atoms with E-state index in [1.807, 2.05) is 0 Å². The number of ether oxygens (including phenoxy) is 2. The van der Waals surface area contributed by atoms with Crippen LogP contribution in [0.2, 0.25) is 0 Å². The Morgan fingerprint density at radius 3 is 1.34 bits per heavy atom. The highest BCUT2D eigenvalue weighted by molar-refractivity contribution is 5.90. The Hall–Kier alpha value is -6.30. The zero-order valence-corrected chi connectivity index (χ0v) is 28.5. The minimum absolute atomic E-state index is 0.0659. The summed E-state index contributed by atoms with van der Waals surface area (Å²) in [7, 11) is 5.39. The molecule has 50 heavy (non-hydrogen) atoms. The van der Waals surface area contributed by atoms with Crippen LogP contribution in [-0.4, -0.2) is 108 Å². The lowest BCUT2D eigenvalue weighted by Crippen LogP contribution is -2.38. The van der Waals surface area contributed by atoms with Crippen molar-refractivity contribution < 1.29 is 48.2 Å².